The fourth-order valence-corrected chi connectivity index (χ4v) is 5.10. The number of hydrogen-bond donors (Lipinski definition) is 3. The minimum atomic E-state index is -0.986. The molecule has 1 fully saturated rings. The molecule has 29 heavy (non-hydrogen) atoms. The monoisotopic (exact) mass is 412 g/mol. The Kier molecular flexibility index (Phi) is 4.00. The molecule has 1 saturated carbocycles. The summed E-state index contributed by atoms with van der Waals surface area (Å²) in [7, 11) is 0. The van der Waals surface area contributed by atoms with Gasteiger partial charge in [0.2, 0.25) is 0 Å². The van der Waals surface area contributed by atoms with Crippen LogP contribution in [0.4, 0.5) is 0 Å². The van der Waals surface area contributed by atoms with Crippen LogP contribution in [0.5, 0.6) is 0 Å². The zero-order chi connectivity index (χ0) is 20.3. The van der Waals surface area contributed by atoms with Crippen molar-refractivity contribution < 1.29 is 14.7 Å². The van der Waals surface area contributed by atoms with Gasteiger partial charge in [-0.05, 0) is 49.9 Å². The van der Waals surface area contributed by atoms with Crippen LogP contribution in [0.2, 0.25) is 5.02 Å². The number of H-pyrrole nitrogens is 2. The Bertz CT molecular complexity index is 1140. The lowest BCUT2D eigenvalue weighted by Gasteiger charge is -2.50. The van der Waals surface area contributed by atoms with E-state index >= 15 is 0 Å². The minimum Gasteiger partial charge on any atom is -0.481 e. The number of carboxylic acid groups (broad SMARTS) is 1. The molecule has 7 nitrogen and oxygen atoms in total. The standard InChI is InChI=1S/C21H21ClN4O3/c1-11-16(24-10-23-11)19(27)26-8-5-13-14-9-12(22)3-4-15(14)25-17(13)18(26)21(20(28)29)6-2-7-21/h3-4,9-10,18,25H,2,5-8H2,1H3,(H,23,24)(H,28,29). The number of rotatable bonds is 3. The fourth-order valence-electron chi connectivity index (χ4n) is 4.93. The molecule has 0 radical (unpaired) electrons. The second kappa shape index (κ2) is 6.35. The molecular formula is C21H21ClN4O3. The number of aromatic nitrogens is 3. The van der Waals surface area contributed by atoms with Gasteiger partial charge in [0.05, 0.1) is 17.8 Å². The van der Waals surface area contributed by atoms with Gasteiger partial charge < -0.3 is 20.0 Å². The zero-order valence-electron chi connectivity index (χ0n) is 16.0. The summed E-state index contributed by atoms with van der Waals surface area (Å²) in [5, 5.41) is 11.8. The van der Waals surface area contributed by atoms with E-state index < -0.39 is 17.4 Å². The smallest absolute Gasteiger partial charge is 0.312 e. The van der Waals surface area contributed by atoms with Crippen LogP contribution in [0.25, 0.3) is 10.9 Å². The predicted octanol–water partition coefficient (Wildman–Crippen LogP) is 3.85. The van der Waals surface area contributed by atoms with Gasteiger partial charge in [0, 0.05) is 33.9 Å². The van der Waals surface area contributed by atoms with Gasteiger partial charge in [0.15, 0.2) is 0 Å². The summed E-state index contributed by atoms with van der Waals surface area (Å²) in [6.45, 7) is 2.24. The molecule has 3 heterocycles. The maximum Gasteiger partial charge on any atom is 0.312 e. The zero-order valence-corrected chi connectivity index (χ0v) is 16.7. The van der Waals surface area contributed by atoms with Crippen LogP contribution in [0.15, 0.2) is 24.5 Å². The molecule has 8 heteroatoms. The lowest BCUT2D eigenvalue weighted by Crippen LogP contribution is -2.54. The summed E-state index contributed by atoms with van der Waals surface area (Å²) in [5.41, 5.74) is 2.83. The summed E-state index contributed by atoms with van der Waals surface area (Å²) in [5.74, 6) is -1.08. The lowest BCUT2D eigenvalue weighted by molar-refractivity contribution is -0.161. The molecule has 1 amide bonds. The maximum atomic E-state index is 13.4. The van der Waals surface area contributed by atoms with Crippen LogP contribution in [0, 0.1) is 12.3 Å². The third kappa shape index (κ3) is 2.53. The fraction of sp³-hybridized carbons (Fsp3) is 0.381. The second-order valence-electron chi connectivity index (χ2n) is 8.05. The second-order valence-corrected chi connectivity index (χ2v) is 8.49. The minimum absolute atomic E-state index is 0.233. The molecule has 0 bridgehead atoms. The summed E-state index contributed by atoms with van der Waals surface area (Å²) in [6, 6.07) is 5.07. The number of nitrogens with one attached hydrogen (secondary N) is 2. The van der Waals surface area contributed by atoms with E-state index in [1.807, 2.05) is 18.2 Å². The maximum absolute atomic E-state index is 13.4. The van der Waals surface area contributed by atoms with Gasteiger partial charge in [-0.25, -0.2) is 4.98 Å². The van der Waals surface area contributed by atoms with E-state index in [0.717, 1.165) is 28.6 Å². The molecule has 1 aliphatic carbocycles. The molecule has 150 valence electrons. The van der Waals surface area contributed by atoms with Gasteiger partial charge in [-0.3, -0.25) is 9.59 Å². The van der Waals surface area contributed by atoms with Gasteiger partial charge in [-0.1, -0.05) is 18.0 Å². The Labute approximate surface area is 172 Å². The van der Waals surface area contributed by atoms with E-state index in [2.05, 4.69) is 15.0 Å². The summed E-state index contributed by atoms with van der Waals surface area (Å²) >= 11 is 6.21. The Morgan fingerprint density at radius 3 is 2.76 bits per heavy atom. The molecule has 3 aromatic rings. The van der Waals surface area contributed by atoms with Crippen LogP contribution in [-0.4, -0.2) is 43.4 Å². The number of carboxylic acids is 1. The molecular weight excluding hydrogens is 392 g/mol. The SMILES string of the molecule is Cc1[nH]cnc1C(=O)N1CCc2c([nH]c3ccc(Cl)cc23)C1C1(C(=O)O)CCC1. The van der Waals surface area contributed by atoms with Gasteiger partial charge in [0.1, 0.15) is 5.69 Å². The Morgan fingerprint density at radius 2 is 2.14 bits per heavy atom. The van der Waals surface area contributed by atoms with Gasteiger partial charge in [0.25, 0.3) is 5.91 Å². The highest BCUT2D eigenvalue weighted by atomic mass is 35.5. The summed E-state index contributed by atoms with van der Waals surface area (Å²) in [4.78, 5) is 38.1. The van der Waals surface area contributed by atoms with Crippen molar-refractivity contribution in [3.8, 4) is 0 Å². The number of benzene rings is 1. The number of halogens is 1. The van der Waals surface area contributed by atoms with Crippen molar-refractivity contribution in [2.45, 2.75) is 38.6 Å². The highest BCUT2D eigenvalue weighted by Gasteiger charge is 2.56. The van der Waals surface area contributed by atoms with Gasteiger partial charge in [-0.15, -0.1) is 0 Å². The third-order valence-corrected chi connectivity index (χ3v) is 6.81. The van der Waals surface area contributed by atoms with Crippen molar-refractivity contribution in [1.29, 1.82) is 0 Å². The first-order chi connectivity index (χ1) is 13.9. The van der Waals surface area contributed by atoms with Crippen LogP contribution < -0.4 is 0 Å². The van der Waals surface area contributed by atoms with E-state index in [9.17, 15) is 14.7 Å². The molecule has 2 aromatic heterocycles. The van der Waals surface area contributed by atoms with E-state index in [1.165, 1.54) is 6.33 Å². The van der Waals surface area contributed by atoms with Crippen molar-refractivity contribution in [3.05, 3.63) is 52.2 Å². The first-order valence-corrected chi connectivity index (χ1v) is 10.1. The van der Waals surface area contributed by atoms with Crippen molar-refractivity contribution in [1.82, 2.24) is 19.9 Å². The van der Waals surface area contributed by atoms with Crippen molar-refractivity contribution in [3.63, 3.8) is 0 Å². The molecule has 1 atom stereocenters. The van der Waals surface area contributed by atoms with E-state index in [-0.39, 0.29) is 5.91 Å². The van der Waals surface area contributed by atoms with Crippen molar-refractivity contribution in [2.24, 2.45) is 5.41 Å². The third-order valence-electron chi connectivity index (χ3n) is 6.58. The molecule has 0 saturated heterocycles. The van der Waals surface area contributed by atoms with Crippen molar-refractivity contribution >= 4 is 34.4 Å². The molecule has 2 aliphatic rings. The molecule has 1 unspecified atom stereocenters. The van der Waals surface area contributed by atoms with Crippen LogP contribution in [0.1, 0.15) is 52.7 Å². The number of aryl methyl sites for hydroxylation is 1. The number of amides is 1. The van der Waals surface area contributed by atoms with Crippen molar-refractivity contribution in [2.75, 3.05) is 6.54 Å². The van der Waals surface area contributed by atoms with E-state index in [4.69, 9.17) is 11.6 Å². The first kappa shape index (κ1) is 18.2. The number of aromatic amines is 2. The Balaban J connectivity index is 1.69. The molecule has 5 rings (SSSR count). The lowest BCUT2D eigenvalue weighted by atomic mass is 9.61. The number of nitrogens with zero attached hydrogens (tertiary/aromatic N) is 2. The number of fused-ring (bicyclic) bond motifs is 3. The number of hydrogen-bond acceptors (Lipinski definition) is 3. The van der Waals surface area contributed by atoms with Crippen LogP contribution in [0.3, 0.4) is 0 Å². The van der Waals surface area contributed by atoms with E-state index in [0.29, 0.717) is 42.2 Å². The quantitative estimate of drug-likeness (QED) is 0.608. The topological polar surface area (TPSA) is 102 Å². The summed E-state index contributed by atoms with van der Waals surface area (Å²) < 4.78 is 0. The Morgan fingerprint density at radius 1 is 1.34 bits per heavy atom. The predicted molar refractivity (Wildman–Crippen MR) is 108 cm³/mol. The first-order valence-electron chi connectivity index (χ1n) is 9.77. The average molecular weight is 413 g/mol. The Hall–Kier alpha value is -2.80. The highest BCUT2D eigenvalue weighted by Crippen LogP contribution is 2.55. The average Bonchev–Trinajstić information content (AvgIpc) is 3.23. The van der Waals surface area contributed by atoms with Crippen LogP contribution >= 0.6 is 11.6 Å². The number of carbonyl (C=O) groups excluding carboxylic acids is 1. The highest BCUT2D eigenvalue weighted by molar-refractivity contribution is 6.31. The molecule has 0 spiro atoms. The number of carbonyl (C=O) groups is 2. The largest absolute Gasteiger partial charge is 0.481 e. The normalized spacial score (nSPS) is 20.3. The van der Waals surface area contributed by atoms with Gasteiger partial charge >= 0.3 is 5.97 Å². The number of aliphatic carboxylic acids is 1. The van der Waals surface area contributed by atoms with Crippen LogP contribution in [-0.2, 0) is 11.2 Å². The van der Waals surface area contributed by atoms with E-state index in [1.54, 1.807) is 11.8 Å². The summed E-state index contributed by atoms with van der Waals surface area (Å²) in [6.07, 6.45) is 4.07. The number of imidazole rings is 1. The molecule has 1 aliphatic heterocycles. The van der Waals surface area contributed by atoms with Gasteiger partial charge in [-0.2, -0.15) is 0 Å². The molecule has 3 N–H and O–H groups in total. The molecule has 1 aromatic carbocycles.